The molecule has 7 heteroatoms. The number of aliphatic carboxylic acids is 1. The van der Waals surface area contributed by atoms with E-state index < -0.39 is 17.4 Å². The van der Waals surface area contributed by atoms with Gasteiger partial charge < -0.3 is 14.8 Å². The van der Waals surface area contributed by atoms with Crippen LogP contribution in [0, 0.1) is 5.82 Å². The van der Waals surface area contributed by atoms with Gasteiger partial charge >= 0.3 is 5.97 Å². The van der Waals surface area contributed by atoms with Gasteiger partial charge in [-0.3, -0.25) is 4.90 Å². The van der Waals surface area contributed by atoms with Crippen molar-refractivity contribution in [1.82, 2.24) is 14.9 Å². The maximum atomic E-state index is 13.3. The second kappa shape index (κ2) is 6.37. The number of rotatable bonds is 5. The summed E-state index contributed by atoms with van der Waals surface area (Å²) in [5, 5.41) is 9.61. The molecule has 2 aromatic rings. The van der Waals surface area contributed by atoms with Crippen molar-refractivity contribution in [3.05, 3.63) is 48.3 Å². The summed E-state index contributed by atoms with van der Waals surface area (Å²) in [5.41, 5.74) is -0.322. The summed E-state index contributed by atoms with van der Waals surface area (Å²) >= 11 is 0. The van der Waals surface area contributed by atoms with Gasteiger partial charge in [-0.1, -0.05) is 6.07 Å². The summed E-state index contributed by atoms with van der Waals surface area (Å²) in [5.74, 6) is -1.21. The monoisotopic (exact) mass is 319 g/mol. The number of hydrogen-bond acceptors (Lipinski definition) is 4. The summed E-state index contributed by atoms with van der Waals surface area (Å²) in [6, 6.07) is 5.59. The number of nitrogens with one attached hydrogen (secondary N) is 1. The normalized spacial score (nSPS) is 17.8. The van der Waals surface area contributed by atoms with Gasteiger partial charge in [0.25, 0.3) is 0 Å². The Bertz CT molecular complexity index is 667. The first-order valence-electron chi connectivity index (χ1n) is 7.45. The van der Waals surface area contributed by atoms with E-state index in [0.29, 0.717) is 32.5 Å². The number of hydrogen-bond donors (Lipinski definition) is 2. The largest absolute Gasteiger partial charge is 0.478 e. The summed E-state index contributed by atoms with van der Waals surface area (Å²) in [6.45, 7) is 1.86. The lowest BCUT2D eigenvalue weighted by Crippen LogP contribution is -2.53. The van der Waals surface area contributed by atoms with E-state index in [-0.39, 0.29) is 5.75 Å². The lowest BCUT2D eigenvalue weighted by atomic mass is 9.91. The van der Waals surface area contributed by atoms with E-state index in [4.69, 9.17) is 4.74 Å². The number of piperidine rings is 1. The fraction of sp³-hybridized carbons (Fsp3) is 0.375. The summed E-state index contributed by atoms with van der Waals surface area (Å²) < 4.78 is 19.0. The number of benzene rings is 1. The van der Waals surface area contributed by atoms with Crippen LogP contribution in [0.3, 0.4) is 0 Å². The van der Waals surface area contributed by atoms with Crippen LogP contribution in [0.1, 0.15) is 18.5 Å². The highest BCUT2D eigenvalue weighted by Crippen LogP contribution is 2.30. The van der Waals surface area contributed by atoms with Crippen LogP contribution in [0.5, 0.6) is 5.75 Å². The van der Waals surface area contributed by atoms with Gasteiger partial charge in [-0.2, -0.15) is 0 Å². The fourth-order valence-electron chi connectivity index (χ4n) is 2.80. The van der Waals surface area contributed by atoms with Gasteiger partial charge in [0.05, 0.1) is 6.33 Å². The van der Waals surface area contributed by atoms with Gasteiger partial charge in [-0.05, 0) is 12.1 Å². The third kappa shape index (κ3) is 3.50. The van der Waals surface area contributed by atoms with Crippen molar-refractivity contribution in [3.63, 3.8) is 0 Å². The standard InChI is InChI=1S/C16H18FN3O3/c17-12-2-1-3-14(8-12)23-16(15(21)22)4-6-20(7-5-16)10-13-9-18-11-19-13/h1-3,8-9,11H,4-7,10H2,(H,18,19)(H,21,22). The zero-order chi connectivity index (χ0) is 16.3. The number of carboxylic acids is 1. The van der Waals surface area contributed by atoms with Crippen LogP contribution in [0.25, 0.3) is 0 Å². The van der Waals surface area contributed by atoms with E-state index >= 15 is 0 Å². The number of nitrogens with zero attached hydrogens (tertiary/aromatic N) is 2. The van der Waals surface area contributed by atoms with Crippen LogP contribution in [0.2, 0.25) is 0 Å². The highest BCUT2D eigenvalue weighted by Gasteiger charge is 2.44. The van der Waals surface area contributed by atoms with Crippen molar-refractivity contribution in [3.8, 4) is 5.75 Å². The molecule has 1 saturated heterocycles. The van der Waals surface area contributed by atoms with Crippen molar-refractivity contribution in [1.29, 1.82) is 0 Å². The molecular formula is C16H18FN3O3. The molecule has 23 heavy (non-hydrogen) atoms. The van der Waals surface area contributed by atoms with Crippen LogP contribution in [-0.4, -0.2) is 44.6 Å². The second-order valence-corrected chi connectivity index (χ2v) is 5.71. The van der Waals surface area contributed by atoms with Crippen LogP contribution < -0.4 is 4.74 Å². The molecule has 0 saturated carbocycles. The zero-order valence-corrected chi connectivity index (χ0v) is 12.5. The van der Waals surface area contributed by atoms with Crippen molar-refractivity contribution >= 4 is 5.97 Å². The number of imidazole rings is 1. The van der Waals surface area contributed by atoms with Gasteiger partial charge in [-0.25, -0.2) is 14.2 Å². The molecule has 2 heterocycles. The smallest absolute Gasteiger partial charge is 0.348 e. The molecule has 1 aromatic carbocycles. The maximum Gasteiger partial charge on any atom is 0.348 e. The van der Waals surface area contributed by atoms with Crippen LogP contribution in [0.4, 0.5) is 4.39 Å². The lowest BCUT2D eigenvalue weighted by Gasteiger charge is -2.38. The minimum Gasteiger partial charge on any atom is -0.478 e. The minimum atomic E-state index is -1.31. The lowest BCUT2D eigenvalue weighted by molar-refractivity contribution is -0.159. The zero-order valence-electron chi connectivity index (χ0n) is 12.5. The molecular weight excluding hydrogens is 301 g/mol. The van der Waals surface area contributed by atoms with E-state index in [1.807, 2.05) is 0 Å². The number of likely N-dealkylation sites (tertiary alicyclic amines) is 1. The molecule has 0 atom stereocenters. The molecule has 0 radical (unpaired) electrons. The Balaban J connectivity index is 1.67. The highest BCUT2D eigenvalue weighted by molar-refractivity contribution is 5.78. The molecule has 1 aliphatic rings. The molecule has 1 aromatic heterocycles. The van der Waals surface area contributed by atoms with Crippen LogP contribution in [0.15, 0.2) is 36.8 Å². The van der Waals surface area contributed by atoms with Crippen molar-refractivity contribution in [2.24, 2.45) is 0 Å². The number of halogens is 1. The van der Waals surface area contributed by atoms with Gasteiger partial charge in [0.15, 0.2) is 0 Å². The molecule has 122 valence electrons. The highest BCUT2D eigenvalue weighted by atomic mass is 19.1. The molecule has 0 unspecified atom stereocenters. The average Bonchev–Trinajstić information content (AvgIpc) is 3.02. The third-order valence-electron chi connectivity index (χ3n) is 4.11. The Hall–Kier alpha value is -2.41. The van der Waals surface area contributed by atoms with E-state index in [0.717, 1.165) is 5.69 Å². The van der Waals surface area contributed by atoms with Crippen molar-refractivity contribution in [2.45, 2.75) is 25.0 Å². The number of H-pyrrole nitrogens is 1. The molecule has 2 N–H and O–H groups in total. The average molecular weight is 319 g/mol. The number of ether oxygens (including phenoxy) is 1. The number of carboxylic acid groups (broad SMARTS) is 1. The maximum absolute atomic E-state index is 13.3. The van der Waals surface area contributed by atoms with E-state index in [9.17, 15) is 14.3 Å². The second-order valence-electron chi connectivity index (χ2n) is 5.71. The predicted octanol–water partition coefficient (Wildman–Crippen LogP) is 2.05. The SMILES string of the molecule is O=C(O)C1(Oc2cccc(F)c2)CCN(Cc2cnc[nH]2)CC1. The van der Waals surface area contributed by atoms with Gasteiger partial charge in [0.2, 0.25) is 5.60 Å². The minimum absolute atomic E-state index is 0.245. The molecule has 0 aliphatic carbocycles. The van der Waals surface area contributed by atoms with Crippen molar-refractivity contribution < 1.29 is 19.0 Å². The molecule has 0 bridgehead atoms. The first-order valence-corrected chi connectivity index (χ1v) is 7.45. The topological polar surface area (TPSA) is 78.5 Å². The number of carbonyl (C=O) groups is 1. The molecule has 0 spiro atoms. The Morgan fingerprint density at radius 3 is 2.83 bits per heavy atom. The van der Waals surface area contributed by atoms with E-state index in [2.05, 4.69) is 14.9 Å². The predicted molar refractivity (Wildman–Crippen MR) is 80.5 cm³/mol. The molecule has 1 fully saturated rings. The van der Waals surface area contributed by atoms with E-state index in [1.165, 1.54) is 18.2 Å². The van der Waals surface area contributed by atoms with Crippen LogP contribution in [-0.2, 0) is 11.3 Å². The molecule has 6 nitrogen and oxygen atoms in total. The molecule has 0 amide bonds. The summed E-state index contributed by atoms with van der Waals surface area (Å²) in [4.78, 5) is 20.9. The summed E-state index contributed by atoms with van der Waals surface area (Å²) in [7, 11) is 0. The van der Waals surface area contributed by atoms with E-state index in [1.54, 1.807) is 18.6 Å². The van der Waals surface area contributed by atoms with Gasteiger partial charge in [0.1, 0.15) is 11.6 Å². The van der Waals surface area contributed by atoms with Gasteiger partial charge in [-0.15, -0.1) is 0 Å². The Morgan fingerprint density at radius 2 is 2.22 bits per heavy atom. The molecule has 3 rings (SSSR count). The Kier molecular flexibility index (Phi) is 4.29. The van der Waals surface area contributed by atoms with Gasteiger partial charge in [0, 0.05) is 50.4 Å². The van der Waals surface area contributed by atoms with Crippen LogP contribution >= 0.6 is 0 Å². The summed E-state index contributed by atoms with van der Waals surface area (Å²) in [6.07, 6.45) is 4.05. The first-order chi connectivity index (χ1) is 11.1. The number of aromatic nitrogens is 2. The molecule has 1 aliphatic heterocycles. The van der Waals surface area contributed by atoms with Crippen molar-refractivity contribution in [2.75, 3.05) is 13.1 Å². The Labute approximate surface area is 132 Å². The quantitative estimate of drug-likeness (QED) is 0.882. The fourth-order valence-corrected chi connectivity index (χ4v) is 2.80. The number of aromatic amines is 1. The first kappa shape index (κ1) is 15.5. The third-order valence-corrected chi connectivity index (χ3v) is 4.11. The Morgan fingerprint density at radius 1 is 1.43 bits per heavy atom.